The van der Waals surface area contributed by atoms with E-state index >= 15 is 0 Å². The van der Waals surface area contributed by atoms with Crippen LogP contribution in [-0.2, 0) is 6.54 Å². The number of anilines is 1. The zero-order valence-corrected chi connectivity index (χ0v) is 12.2. The summed E-state index contributed by atoms with van der Waals surface area (Å²) in [6.45, 7) is 6.22. The van der Waals surface area contributed by atoms with Gasteiger partial charge in [-0.15, -0.1) is 0 Å². The van der Waals surface area contributed by atoms with Gasteiger partial charge in [0.25, 0.3) is 0 Å². The Labute approximate surface area is 116 Å². The summed E-state index contributed by atoms with van der Waals surface area (Å²) in [7, 11) is 2.17. The molecule has 2 aromatic carbocycles. The molecule has 2 N–H and O–H groups in total. The molecule has 0 aromatic heterocycles. The quantitative estimate of drug-likeness (QED) is 0.882. The van der Waals surface area contributed by atoms with Crippen molar-refractivity contribution in [1.29, 1.82) is 0 Å². The van der Waals surface area contributed by atoms with Crippen molar-refractivity contribution >= 4 is 16.5 Å². The zero-order chi connectivity index (χ0) is 13.8. The van der Waals surface area contributed by atoms with Gasteiger partial charge in [0.1, 0.15) is 0 Å². The summed E-state index contributed by atoms with van der Waals surface area (Å²) < 4.78 is 0. The van der Waals surface area contributed by atoms with Gasteiger partial charge in [-0.25, -0.2) is 0 Å². The first-order valence-corrected chi connectivity index (χ1v) is 7.05. The fourth-order valence-corrected chi connectivity index (χ4v) is 2.43. The van der Waals surface area contributed by atoms with Crippen molar-refractivity contribution in [3.8, 4) is 0 Å². The van der Waals surface area contributed by atoms with Crippen LogP contribution in [0.5, 0.6) is 0 Å². The van der Waals surface area contributed by atoms with E-state index in [1.807, 2.05) is 0 Å². The van der Waals surface area contributed by atoms with Crippen molar-refractivity contribution in [2.75, 3.05) is 18.5 Å². The monoisotopic (exact) mass is 256 g/mol. The summed E-state index contributed by atoms with van der Waals surface area (Å²) >= 11 is 0. The van der Waals surface area contributed by atoms with Gasteiger partial charge in [0.15, 0.2) is 0 Å². The molecule has 0 unspecified atom stereocenters. The Morgan fingerprint density at radius 2 is 1.74 bits per heavy atom. The minimum absolute atomic E-state index is 0.594. The molecule has 0 atom stereocenters. The molecule has 0 aliphatic carbocycles. The van der Waals surface area contributed by atoms with Crippen LogP contribution in [0.25, 0.3) is 10.8 Å². The maximum Gasteiger partial charge on any atom is 0.0443 e. The fourth-order valence-electron chi connectivity index (χ4n) is 2.43. The number of nitrogens with zero attached hydrogens (tertiary/aromatic N) is 1. The lowest BCUT2D eigenvalue weighted by Crippen LogP contribution is -2.20. The summed E-state index contributed by atoms with van der Waals surface area (Å²) in [5.74, 6) is 0.733. The lowest BCUT2D eigenvalue weighted by atomic mass is 10.0. The average Bonchev–Trinajstić information content (AvgIpc) is 2.43. The first-order chi connectivity index (χ1) is 9.13. The molecule has 0 saturated carbocycles. The van der Waals surface area contributed by atoms with E-state index in [1.54, 1.807) is 0 Å². The smallest absolute Gasteiger partial charge is 0.0443 e. The Morgan fingerprint density at radius 3 is 2.37 bits per heavy atom. The number of fused-ring (bicyclic) bond motifs is 1. The second kappa shape index (κ2) is 6.07. The van der Waals surface area contributed by atoms with Crippen LogP contribution in [0.4, 0.5) is 5.69 Å². The SMILES string of the molecule is CC(C)CCN(C)c1ccc(CN)c2ccccc12. The third-order valence-corrected chi connectivity index (χ3v) is 3.66. The van der Waals surface area contributed by atoms with Crippen molar-refractivity contribution in [2.45, 2.75) is 26.8 Å². The summed E-state index contributed by atoms with van der Waals surface area (Å²) in [4.78, 5) is 2.35. The molecule has 0 spiro atoms. The van der Waals surface area contributed by atoms with Gasteiger partial charge in [-0.3, -0.25) is 0 Å². The maximum atomic E-state index is 5.83. The van der Waals surface area contributed by atoms with Crippen LogP contribution >= 0.6 is 0 Å². The third-order valence-electron chi connectivity index (χ3n) is 3.66. The van der Waals surface area contributed by atoms with E-state index < -0.39 is 0 Å². The molecule has 0 aliphatic rings. The standard InChI is InChI=1S/C17H24N2/c1-13(2)10-11-19(3)17-9-8-14(12-18)15-6-4-5-7-16(15)17/h4-9,13H,10-12,18H2,1-3H3. The van der Waals surface area contributed by atoms with E-state index in [-0.39, 0.29) is 0 Å². The number of nitrogens with two attached hydrogens (primary N) is 1. The summed E-state index contributed by atoms with van der Waals surface area (Å²) in [5.41, 5.74) is 8.35. The van der Waals surface area contributed by atoms with Gasteiger partial charge < -0.3 is 10.6 Å². The topological polar surface area (TPSA) is 29.3 Å². The summed E-state index contributed by atoms with van der Waals surface area (Å²) in [5, 5.41) is 2.58. The zero-order valence-electron chi connectivity index (χ0n) is 12.2. The Bertz CT molecular complexity index is 546. The molecule has 2 nitrogen and oxygen atoms in total. The molecule has 19 heavy (non-hydrogen) atoms. The Balaban J connectivity index is 2.38. The van der Waals surface area contributed by atoms with Gasteiger partial charge in [-0.05, 0) is 29.4 Å². The number of benzene rings is 2. The van der Waals surface area contributed by atoms with E-state index in [9.17, 15) is 0 Å². The highest BCUT2D eigenvalue weighted by molar-refractivity contribution is 5.96. The number of hydrogen-bond acceptors (Lipinski definition) is 2. The molecule has 0 radical (unpaired) electrons. The van der Waals surface area contributed by atoms with Crippen LogP contribution < -0.4 is 10.6 Å². The van der Waals surface area contributed by atoms with Crippen molar-refractivity contribution in [3.05, 3.63) is 42.0 Å². The highest BCUT2D eigenvalue weighted by Gasteiger charge is 2.08. The van der Waals surface area contributed by atoms with Crippen LogP contribution in [0.1, 0.15) is 25.8 Å². The molecule has 0 saturated heterocycles. The van der Waals surface area contributed by atoms with Crippen molar-refractivity contribution in [1.82, 2.24) is 0 Å². The van der Waals surface area contributed by atoms with E-state index in [0.717, 1.165) is 12.5 Å². The minimum Gasteiger partial charge on any atom is -0.374 e. The first kappa shape index (κ1) is 13.9. The molecule has 0 heterocycles. The number of rotatable bonds is 5. The second-order valence-corrected chi connectivity index (χ2v) is 5.60. The van der Waals surface area contributed by atoms with Gasteiger partial charge in [0.05, 0.1) is 0 Å². The van der Waals surface area contributed by atoms with E-state index in [2.05, 4.69) is 62.2 Å². The second-order valence-electron chi connectivity index (χ2n) is 5.60. The molecular formula is C17H24N2. The molecule has 2 heteroatoms. The third kappa shape index (κ3) is 3.07. The largest absolute Gasteiger partial charge is 0.374 e. The van der Waals surface area contributed by atoms with Crippen LogP contribution in [-0.4, -0.2) is 13.6 Å². The lowest BCUT2D eigenvalue weighted by Gasteiger charge is -2.23. The molecule has 0 bridgehead atoms. The maximum absolute atomic E-state index is 5.83. The highest BCUT2D eigenvalue weighted by atomic mass is 15.1. The average molecular weight is 256 g/mol. The molecular weight excluding hydrogens is 232 g/mol. The molecule has 2 aromatic rings. The van der Waals surface area contributed by atoms with E-state index in [0.29, 0.717) is 6.54 Å². The lowest BCUT2D eigenvalue weighted by molar-refractivity contribution is 0.585. The van der Waals surface area contributed by atoms with Gasteiger partial charge in [0.2, 0.25) is 0 Å². The fraction of sp³-hybridized carbons (Fsp3) is 0.412. The van der Waals surface area contributed by atoms with E-state index in [1.165, 1.54) is 28.4 Å². The van der Waals surface area contributed by atoms with Crippen LogP contribution in [0, 0.1) is 5.92 Å². The van der Waals surface area contributed by atoms with Gasteiger partial charge in [-0.2, -0.15) is 0 Å². The molecule has 102 valence electrons. The van der Waals surface area contributed by atoms with Gasteiger partial charge >= 0.3 is 0 Å². The first-order valence-electron chi connectivity index (χ1n) is 7.05. The summed E-state index contributed by atoms with van der Waals surface area (Å²) in [6, 6.07) is 12.9. The van der Waals surface area contributed by atoms with E-state index in [4.69, 9.17) is 5.73 Å². The van der Waals surface area contributed by atoms with Crippen LogP contribution in [0.2, 0.25) is 0 Å². The van der Waals surface area contributed by atoms with Crippen molar-refractivity contribution in [2.24, 2.45) is 11.7 Å². The van der Waals surface area contributed by atoms with Crippen molar-refractivity contribution in [3.63, 3.8) is 0 Å². The van der Waals surface area contributed by atoms with Crippen molar-refractivity contribution < 1.29 is 0 Å². The predicted octanol–water partition coefficient (Wildman–Crippen LogP) is 3.78. The summed E-state index contributed by atoms with van der Waals surface area (Å²) in [6.07, 6.45) is 1.21. The molecule has 0 aliphatic heterocycles. The van der Waals surface area contributed by atoms with Crippen LogP contribution in [0.15, 0.2) is 36.4 Å². The Hall–Kier alpha value is -1.54. The molecule has 0 fully saturated rings. The highest BCUT2D eigenvalue weighted by Crippen LogP contribution is 2.29. The number of hydrogen-bond donors (Lipinski definition) is 1. The molecule has 2 rings (SSSR count). The van der Waals surface area contributed by atoms with Crippen LogP contribution in [0.3, 0.4) is 0 Å². The van der Waals surface area contributed by atoms with Gasteiger partial charge in [0, 0.05) is 31.2 Å². The molecule has 0 amide bonds. The Morgan fingerprint density at radius 1 is 1.05 bits per heavy atom. The van der Waals surface area contributed by atoms with Gasteiger partial charge in [-0.1, -0.05) is 44.2 Å². The Kier molecular flexibility index (Phi) is 4.43. The predicted molar refractivity (Wildman–Crippen MR) is 84.6 cm³/mol. The minimum atomic E-state index is 0.594. The normalized spacial score (nSPS) is 11.2.